The van der Waals surface area contributed by atoms with Crippen molar-refractivity contribution in [2.24, 2.45) is 17.3 Å². The molecule has 1 aromatic carbocycles. The first-order valence-electron chi connectivity index (χ1n) is 12.0. The summed E-state index contributed by atoms with van der Waals surface area (Å²) >= 11 is 0. The molecule has 12 heteroatoms. The SMILES string of the molecule is COc1c2n(cc(C(=O)N[C@@H](c3ccc(F)cc3F)C(F)F)c1=O)C[C@H]1OC3[C@@H]4C[C@@H]4[C@@]34CC4N1C2=O. The molecule has 1 N–H and O–H groups in total. The molecule has 1 aromatic heterocycles. The number of carbonyl (C=O) groups excluding carboxylic acids is 2. The molecular formula is C25H21F4N3O5. The highest BCUT2D eigenvalue weighted by atomic mass is 19.3. The predicted molar refractivity (Wildman–Crippen MR) is 117 cm³/mol. The van der Waals surface area contributed by atoms with Gasteiger partial charge in [0.25, 0.3) is 18.2 Å². The minimum absolute atomic E-state index is 0.0201. The summed E-state index contributed by atoms with van der Waals surface area (Å²) < 4.78 is 68.0. The number of hydrogen-bond donors (Lipinski definition) is 1. The zero-order chi connectivity index (χ0) is 26.0. The normalized spacial score (nSPS) is 32.8. The van der Waals surface area contributed by atoms with Gasteiger partial charge in [0.1, 0.15) is 23.2 Å². The molecule has 7 atom stereocenters. The van der Waals surface area contributed by atoms with Crippen LogP contribution < -0.4 is 15.5 Å². The summed E-state index contributed by atoms with van der Waals surface area (Å²) in [6.07, 6.45) is -0.675. The van der Waals surface area contributed by atoms with Crippen LogP contribution >= 0.6 is 0 Å². The number of carbonyl (C=O) groups is 2. The van der Waals surface area contributed by atoms with E-state index in [0.717, 1.165) is 31.2 Å². The Morgan fingerprint density at radius 1 is 1.27 bits per heavy atom. The van der Waals surface area contributed by atoms with E-state index in [1.807, 2.05) is 5.32 Å². The number of ether oxygens (including phenoxy) is 2. The van der Waals surface area contributed by atoms with Crippen LogP contribution in [0.25, 0.3) is 0 Å². The zero-order valence-electron chi connectivity index (χ0n) is 19.4. The Morgan fingerprint density at radius 2 is 2.05 bits per heavy atom. The van der Waals surface area contributed by atoms with Gasteiger partial charge in [0.05, 0.1) is 19.8 Å². The molecule has 4 fully saturated rings. The minimum Gasteiger partial charge on any atom is -0.491 e. The van der Waals surface area contributed by atoms with Crippen LogP contribution in [0.1, 0.15) is 45.3 Å². The number of hydrogen-bond acceptors (Lipinski definition) is 5. The maximum absolute atomic E-state index is 14.2. The molecular weight excluding hydrogens is 498 g/mol. The molecule has 3 heterocycles. The highest BCUT2D eigenvalue weighted by Gasteiger charge is 2.85. The fraction of sp³-hybridized carbons (Fsp3) is 0.480. The number of methoxy groups -OCH3 is 1. The molecule has 194 valence electrons. The number of rotatable bonds is 5. The van der Waals surface area contributed by atoms with Crippen molar-refractivity contribution in [1.82, 2.24) is 14.8 Å². The largest absolute Gasteiger partial charge is 0.491 e. The van der Waals surface area contributed by atoms with Crippen LogP contribution in [-0.4, -0.2) is 53.2 Å². The molecule has 0 radical (unpaired) electrons. The van der Waals surface area contributed by atoms with Gasteiger partial charge in [-0.15, -0.1) is 0 Å². The third-order valence-electron chi connectivity index (χ3n) is 8.72. The van der Waals surface area contributed by atoms with Gasteiger partial charge in [-0.05, 0) is 30.7 Å². The fourth-order valence-electron chi connectivity index (χ4n) is 6.96. The molecule has 3 saturated carbocycles. The second kappa shape index (κ2) is 7.33. The highest BCUT2D eigenvalue weighted by molar-refractivity contribution is 5.99. The Labute approximate surface area is 207 Å². The van der Waals surface area contributed by atoms with Gasteiger partial charge in [-0.25, -0.2) is 17.6 Å². The molecule has 8 nitrogen and oxygen atoms in total. The van der Waals surface area contributed by atoms with Gasteiger partial charge in [-0.1, -0.05) is 6.07 Å². The standard InChI is InChI=1S/C25H21F4N3O5/c1-36-20-18-24(35)32-15-6-25(15)13-5-11(13)21(25)37-16(32)8-31(18)7-12(19(20)33)23(34)30-17(22(28)29)10-3-2-9(26)4-14(10)27/h2-4,7,11,13,15-17,21-22H,5-6,8H2,1H3,(H,30,34)/t11-,13+,15?,16-,17+,21?,25-/m1/s1. The number of benzene rings is 1. The Balaban J connectivity index is 1.23. The van der Waals surface area contributed by atoms with Crippen LogP contribution in [0, 0.1) is 28.9 Å². The first kappa shape index (κ1) is 22.8. The van der Waals surface area contributed by atoms with Gasteiger partial charge >= 0.3 is 0 Å². The van der Waals surface area contributed by atoms with E-state index in [4.69, 9.17) is 9.47 Å². The van der Waals surface area contributed by atoms with Crippen molar-refractivity contribution in [2.45, 2.75) is 50.2 Å². The van der Waals surface area contributed by atoms with Gasteiger partial charge in [0, 0.05) is 29.3 Å². The van der Waals surface area contributed by atoms with Gasteiger partial charge in [-0.2, -0.15) is 0 Å². The summed E-state index contributed by atoms with van der Waals surface area (Å²) in [4.78, 5) is 41.4. The molecule has 7 rings (SSSR count). The van der Waals surface area contributed by atoms with Crippen molar-refractivity contribution in [2.75, 3.05) is 7.11 Å². The first-order chi connectivity index (χ1) is 17.7. The maximum Gasteiger partial charge on any atom is 0.276 e. The van der Waals surface area contributed by atoms with Crippen LogP contribution in [0.4, 0.5) is 17.6 Å². The third kappa shape index (κ3) is 2.90. The van der Waals surface area contributed by atoms with E-state index in [1.165, 1.54) is 11.7 Å². The summed E-state index contributed by atoms with van der Waals surface area (Å²) in [5, 5.41) is 1.98. The van der Waals surface area contributed by atoms with Gasteiger partial charge in [0.2, 0.25) is 5.43 Å². The number of pyridine rings is 1. The third-order valence-corrected chi connectivity index (χ3v) is 8.72. The second-order valence-electron chi connectivity index (χ2n) is 10.4. The number of amides is 2. The molecule has 2 amide bonds. The molecule has 2 aliphatic heterocycles. The van der Waals surface area contributed by atoms with Crippen LogP contribution in [0.2, 0.25) is 0 Å². The zero-order valence-corrected chi connectivity index (χ0v) is 19.4. The molecule has 1 spiro atoms. The maximum atomic E-state index is 14.2. The predicted octanol–water partition coefficient (Wildman–Crippen LogP) is 2.46. The van der Waals surface area contributed by atoms with Crippen molar-refractivity contribution >= 4 is 11.8 Å². The summed E-state index contributed by atoms with van der Waals surface area (Å²) in [5.74, 6) is -3.17. The Hall–Kier alpha value is -3.41. The molecule has 5 aliphatic rings. The fourth-order valence-corrected chi connectivity index (χ4v) is 6.96. The average Bonchev–Trinajstić information content (AvgIpc) is 3.75. The van der Waals surface area contributed by atoms with Crippen molar-refractivity contribution in [3.8, 4) is 5.75 Å². The number of nitrogens with zero attached hydrogens (tertiary/aromatic N) is 2. The monoisotopic (exact) mass is 519 g/mol. The van der Waals surface area contributed by atoms with E-state index < -0.39 is 58.7 Å². The number of aromatic nitrogens is 1. The van der Waals surface area contributed by atoms with Crippen molar-refractivity contribution in [3.63, 3.8) is 0 Å². The smallest absolute Gasteiger partial charge is 0.276 e. The van der Waals surface area contributed by atoms with Crippen LogP contribution in [-0.2, 0) is 11.3 Å². The molecule has 2 aromatic rings. The van der Waals surface area contributed by atoms with Gasteiger partial charge < -0.3 is 24.3 Å². The van der Waals surface area contributed by atoms with E-state index in [9.17, 15) is 31.9 Å². The Kier molecular flexibility index (Phi) is 4.51. The van der Waals surface area contributed by atoms with Crippen LogP contribution in [0.5, 0.6) is 5.75 Å². The summed E-state index contributed by atoms with van der Waals surface area (Å²) in [6, 6.07) is -0.0830. The molecule has 1 saturated heterocycles. The topological polar surface area (TPSA) is 89.9 Å². The number of fused-ring (bicyclic) bond motifs is 5. The van der Waals surface area contributed by atoms with E-state index in [-0.39, 0.29) is 35.5 Å². The van der Waals surface area contributed by atoms with Gasteiger partial charge in [0.15, 0.2) is 17.7 Å². The van der Waals surface area contributed by atoms with Crippen molar-refractivity contribution in [1.29, 1.82) is 0 Å². The van der Waals surface area contributed by atoms with Crippen LogP contribution in [0.15, 0.2) is 29.2 Å². The number of halogens is 4. The minimum atomic E-state index is -3.26. The second-order valence-corrected chi connectivity index (χ2v) is 10.4. The van der Waals surface area contributed by atoms with E-state index in [1.54, 1.807) is 4.90 Å². The lowest BCUT2D eigenvalue weighted by Crippen LogP contribution is -2.62. The molecule has 3 aliphatic carbocycles. The van der Waals surface area contributed by atoms with Crippen LogP contribution in [0.3, 0.4) is 0 Å². The average molecular weight is 519 g/mol. The quantitative estimate of drug-likeness (QED) is 0.614. The summed E-state index contributed by atoms with van der Waals surface area (Å²) in [6.45, 7) is 0.128. The Morgan fingerprint density at radius 3 is 2.76 bits per heavy atom. The van der Waals surface area contributed by atoms with Crippen molar-refractivity contribution in [3.05, 3.63) is 63.1 Å². The van der Waals surface area contributed by atoms with E-state index in [2.05, 4.69) is 0 Å². The highest BCUT2D eigenvalue weighted by Crippen LogP contribution is 2.81. The first-order valence-corrected chi connectivity index (χ1v) is 12.0. The number of alkyl halides is 2. The molecule has 2 unspecified atom stereocenters. The lowest BCUT2D eigenvalue weighted by Gasteiger charge is -2.50. The van der Waals surface area contributed by atoms with E-state index in [0.29, 0.717) is 17.9 Å². The Bertz CT molecular complexity index is 1450. The van der Waals surface area contributed by atoms with E-state index >= 15 is 0 Å². The lowest BCUT2D eigenvalue weighted by molar-refractivity contribution is -0.202. The lowest BCUT2D eigenvalue weighted by atomic mass is 9.76. The molecule has 37 heavy (non-hydrogen) atoms. The summed E-state index contributed by atoms with van der Waals surface area (Å²) in [5.41, 5.74) is -2.17. The summed E-state index contributed by atoms with van der Waals surface area (Å²) in [7, 11) is 1.18. The number of nitrogens with one attached hydrogen (secondary N) is 1. The van der Waals surface area contributed by atoms with Crippen molar-refractivity contribution < 1.29 is 36.6 Å². The molecule has 0 bridgehead atoms. The van der Waals surface area contributed by atoms with Gasteiger partial charge in [-0.3, -0.25) is 14.4 Å².